The van der Waals surface area contributed by atoms with Crippen molar-refractivity contribution in [3.63, 3.8) is 0 Å². The summed E-state index contributed by atoms with van der Waals surface area (Å²) in [5.41, 5.74) is 0.583. The minimum Gasteiger partial charge on any atom is -0.443 e. The van der Waals surface area contributed by atoms with Crippen LogP contribution in [0.25, 0.3) is 0 Å². The number of alkyl halides is 3. The van der Waals surface area contributed by atoms with E-state index in [0.29, 0.717) is 35.3 Å². The molecule has 1 aliphatic carbocycles. The smallest absolute Gasteiger partial charge is 0.443 e. The number of amides is 2. The number of ether oxygens (including phenoxy) is 1. The number of nitrogens with zero attached hydrogens (tertiary/aromatic N) is 2. The first-order chi connectivity index (χ1) is 18.7. The Kier molecular flexibility index (Phi) is 8.71. The first-order valence-electron chi connectivity index (χ1n) is 12.8. The summed E-state index contributed by atoms with van der Waals surface area (Å²) in [6.45, 7) is 4.47. The van der Waals surface area contributed by atoms with Gasteiger partial charge in [0.05, 0.1) is 4.90 Å². The van der Waals surface area contributed by atoms with Gasteiger partial charge in [0.2, 0.25) is 6.10 Å². The third kappa shape index (κ3) is 6.55. The van der Waals surface area contributed by atoms with Crippen molar-refractivity contribution >= 4 is 39.4 Å². The molecule has 4 rings (SSSR count). The molecule has 2 N–H and O–H groups in total. The van der Waals surface area contributed by atoms with E-state index >= 15 is 0 Å². The number of sulfonamides is 1. The number of carbonyl (C=O) groups excluding carboxylic acids is 3. The van der Waals surface area contributed by atoms with E-state index in [0.717, 1.165) is 38.2 Å². The molecule has 1 aromatic carbocycles. The molecule has 0 aromatic heterocycles. The van der Waals surface area contributed by atoms with Gasteiger partial charge in [-0.2, -0.15) is 13.2 Å². The van der Waals surface area contributed by atoms with Crippen LogP contribution in [0, 0.1) is 13.8 Å². The van der Waals surface area contributed by atoms with Crippen LogP contribution in [0.2, 0.25) is 5.02 Å². The van der Waals surface area contributed by atoms with Crippen molar-refractivity contribution in [3.05, 3.63) is 40.7 Å². The number of rotatable bonds is 7. The second kappa shape index (κ2) is 11.6. The summed E-state index contributed by atoms with van der Waals surface area (Å²) in [6, 6.07) is 0.490. The van der Waals surface area contributed by atoms with E-state index in [1.165, 1.54) is 19.1 Å². The van der Waals surface area contributed by atoms with Gasteiger partial charge in [-0.15, -0.1) is 0 Å². The number of aryl methyl sites for hydroxylation is 2. The van der Waals surface area contributed by atoms with Crippen molar-refractivity contribution in [2.24, 2.45) is 0 Å². The molecule has 10 nitrogen and oxygen atoms in total. The molecule has 3 aliphatic rings. The van der Waals surface area contributed by atoms with E-state index in [2.05, 4.69) is 20.3 Å². The minimum absolute atomic E-state index is 0.195. The van der Waals surface area contributed by atoms with Gasteiger partial charge in [0, 0.05) is 36.1 Å². The number of esters is 1. The Labute approximate surface area is 234 Å². The predicted molar refractivity (Wildman–Crippen MR) is 137 cm³/mol. The van der Waals surface area contributed by atoms with Crippen LogP contribution in [0.15, 0.2) is 29.4 Å². The van der Waals surface area contributed by atoms with Crippen molar-refractivity contribution < 1.29 is 40.7 Å². The topological polar surface area (TPSA) is 125 Å². The highest BCUT2D eigenvalue weighted by Crippen LogP contribution is 2.31. The van der Waals surface area contributed by atoms with E-state index in [1.807, 2.05) is 0 Å². The number of hydrogen-bond donors (Lipinski definition) is 2. The lowest BCUT2D eigenvalue weighted by atomic mass is 10.1. The first-order valence-corrected chi connectivity index (χ1v) is 14.6. The van der Waals surface area contributed by atoms with Gasteiger partial charge in [0.25, 0.3) is 21.8 Å². The van der Waals surface area contributed by atoms with Crippen LogP contribution in [0.1, 0.15) is 43.2 Å². The van der Waals surface area contributed by atoms with Crippen LogP contribution in [0.5, 0.6) is 0 Å². The third-order valence-corrected chi connectivity index (χ3v) is 9.49. The van der Waals surface area contributed by atoms with Crippen molar-refractivity contribution in [1.29, 1.82) is 0 Å². The zero-order valence-electron chi connectivity index (χ0n) is 21.8. The zero-order valence-corrected chi connectivity index (χ0v) is 23.4. The second-order valence-corrected chi connectivity index (χ2v) is 12.4. The Morgan fingerprint density at radius 3 is 2.48 bits per heavy atom. The molecular formula is C25H30ClF3N4O6S. The third-order valence-electron chi connectivity index (χ3n) is 7.18. The van der Waals surface area contributed by atoms with Crippen LogP contribution in [-0.2, 0) is 29.1 Å². The fourth-order valence-corrected chi connectivity index (χ4v) is 6.89. The molecule has 1 aromatic rings. The second-order valence-electron chi connectivity index (χ2n) is 10.2. The summed E-state index contributed by atoms with van der Waals surface area (Å²) in [4.78, 5) is 40.3. The first kappa shape index (κ1) is 30.1. The van der Waals surface area contributed by atoms with Gasteiger partial charge >= 0.3 is 12.1 Å². The van der Waals surface area contributed by atoms with E-state index in [1.54, 1.807) is 6.92 Å². The average molecular weight is 607 g/mol. The lowest BCUT2D eigenvalue weighted by molar-refractivity contribution is -0.207. The molecule has 2 heterocycles. The van der Waals surface area contributed by atoms with Crippen LogP contribution in [0.3, 0.4) is 0 Å². The molecule has 0 spiro atoms. The van der Waals surface area contributed by atoms with Crippen LogP contribution >= 0.6 is 11.6 Å². The van der Waals surface area contributed by atoms with Gasteiger partial charge in [0.1, 0.15) is 0 Å². The summed E-state index contributed by atoms with van der Waals surface area (Å²) < 4.78 is 72.2. The van der Waals surface area contributed by atoms with E-state index in [-0.39, 0.29) is 15.5 Å². The maximum Gasteiger partial charge on any atom is 0.490 e. The fourth-order valence-electron chi connectivity index (χ4n) is 4.93. The average Bonchev–Trinajstić information content (AvgIpc) is 3.72. The summed E-state index contributed by atoms with van der Waals surface area (Å²) in [7, 11) is -4.64. The van der Waals surface area contributed by atoms with Crippen molar-refractivity contribution in [3.8, 4) is 0 Å². The van der Waals surface area contributed by atoms with Crippen molar-refractivity contribution in [2.75, 3.05) is 13.1 Å². The van der Waals surface area contributed by atoms with E-state index in [9.17, 15) is 36.0 Å². The monoisotopic (exact) mass is 606 g/mol. The SMILES string of the molecule is Cc1cc(S(=O)(=O)N2C=CNC(=O)[C@H]2C(OC(=O)C(F)(F)F)C(=O)N[C@H]2CCCN(C3CC3)CC2)c(C)cc1Cl. The quantitative estimate of drug-likeness (QED) is 0.457. The Morgan fingerprint density at radius 1 is 1.12 bits per heavy atom. The lowest BCUT2D eigenvalue weighted by Crippen LogP contribution is -2.61. The maximum absolute atomic E-state index is 13.7. The molecule has 0 bridgehead atoms. The van der Waals surface area contributed by atoms with Crippen molar-refractivity contribution in [1.82, 2.24) is 19.8 Å². The molecule has 220 valence electrons. The lowest BCUT2D eigenvalue weighted by Gasteiger charge is -2.36. The molecule has 40 heavy (non-hydrogen) atoms. The number of likely N-dealkylation sites (tertiary alicyclic amines) is 1. The number of benzene rings is 1. The number of halogens is 4. The van der Waals surface area contributed by atoms with E-state index < -0.39 is 52.2 Å². The molecule has 1 saturated carbocycles. The highest BCUT2D eigenvalue weighted by Gasteiger charge is 2.51. The Balaban J connectivity index is 1.67. The molecular weight excluding hydrogens is 577 g/mol. The molecule has 2 aliphatic heterocycles. The van der Waals surface area contributed by atoms with Gasteiger partial charge in [-0.25, -0.2) is 13.2 Å². The summed E-state index contributed by atoms with van der Waals surface area (Å²) in [5.74, 6) is -5.08. The number of carbonyl (C=O) groups is 3. The van der Waals surface area contributed by atoms with Crippen LogP contribution < -0.4 is 10.6 Å². The summed E-state index contributed by atoms with van der Waals surface area (Å²) in [6.07, 6.45) is -2.18. The Bertz CT molecular complexity index is 1320. The normalized spacial score (nSPS) is 23.2. The molecule has 3 atom stereocenters. The molecule has 1 saturated heterocycles. The Morgan fingerprint density at radius 2 is 1.82 bits per heavy atom. The fraction of sp³-hybridized carbons (Fsp3) is 0.560. The standard InChI is InChI=1S/C25H30ClF3N4O6S/c1-14-13-19(15(2)12-18(14)26)40(37,38)33-11-8-30-22(34)20(33)21(39-24(36)25(27,28)29)23(35)31-16-4-3-9-32(10-7-16)17-5-6-17/h8,11-13,16-17,20-21H,3-7,9-10H2,1-2H3,(H,30,34)(H,31,35)/t16-,20+,21?/m0/s1. The Hall–Kier alpha value is -2.84. The molecule has 2 amide bonds. The van der Waals surface area contributed by atoms with Gasteiger partial charge in [-0.1, -0.05) is 11.6 Å². The highest BCUT2D eigenvalue weighted by atomic mass is 35.5. The molecule has 2 fully saturated rings. The van der Waals surface area contributed by atoms with Crippen LogP contribution in [0.4, 0.5) is 13.2 Å². The van der Waals surface area contributed by atoms with E-state index in [4.69, 9.17) is 11.6 Å². The minimum atomic E-state index is -5.50. The van der Waals surface area contributed by atoms with Crippen molar-refractivity contribution in [2.45, 2.75) is 81.3 Å². The van der Waals surface area contributed by atoms with Gasteiger partial charge in [-0.05, 0) is 75.8 Å². The maximum atomic E-state index is 13.7. The predicted octanol–water partition coefficient (Wildman–Crippen LogP) is 2.52. The van der Waals surface area contributed by atoms with Crippen LogP contribution in [-0.4, -0.2) is 78.9 Å². The summed E-state index contributed by atoms with van der Waals surface area (Å²) in [5, 5.41) is 5.08. The van der Waals surface area contributed by atoms with Gasteiger partial charge in [0.15, 0.2) is 6.04 Å². The molecule has 0 radical (unpaired) electrons. The molecule has 1 unspecified atom stereocenters. The largest absolute Gasteiger partial charge is 0.490 e. The van der Waals surface area contributed by atoms with Gasteiger partial charge in [-0.3, -0.25) is 13.9 Å². The zero-order chi connectivity index (χ0) is 29.4. The number of nitrogens with one attached hydrogen (secondary N) is 2. The molecule has 15 heteroatoms. The van der Waals surface area contributed by atoms with Gasteiger partial charge < -0.3 is 20.3 Å². The highest BCUT2D eigenvalue weighted by molar-refractivity contribution is 7.89. The number of hydrogen-bond acceptors (Lipinski definition) is 7. The summed E-state index contributed by atoms with van der Waals surface area (Å²) >= 11 is 6.09.